The van der Waals surface area contributed by atoms with Gasteiger partial charge in [-0.2, -0.15) is 0 Å². The van der Waals surface area contributed by atoms with Crippen LogP contribution in [0.3, 0.4) is 0 Å². The highest BCUT2D eigenvalue weighted by Crippen LogP contribution is 2.20. The Labute approximate surface area is 140 Å². The Bertz CT molecular complexity index is 842. The number of benzene rings is 2. The molecule has 0 N–H and O–H groups in total. The fraction of sp³-hybridized carbons (Fsp3) is 0.143. The van der Waals surface area contributed by atoms with Gasteiger partial charge >= 0.3 is 0 Å². The lowest BCUT2D eigenvalue weighted by Gasteiger charge is -2.03. The van der Waals surface area contributed by atoms with Crippen LogP contribution in [0.25, 0.3) is 11.1 Å². The monoisotopic (exact) mass is 318 g/mol. The smallest absolute Gasteiger partial charge is 0.170 e. The van der Waals surface area contributed by atoms with Gasteiger partial charge in [-0.05, 0) is 30.2 Å². The Kier molecular flexibility index (Phi) is 4.71. The second kappa shape index (κ2) is 7.09. The molecule has 1 heterocycles. The average Bonchev–Trinajstić information content (AvgIpc) is 3.02. The van der Waals surface area contributed by atoms with Crippen LogP contribution < -0.4 is 0 Å². The summed E-state index contributed by atoms with van der Waals surface area (Å²) in [5, 5.41) is 0. The molecule has 0 aliphatic carbocycles. The van der Waals surface area contributed by atoms with Gasteiger partial charge in [-0.1, -0.05) is 54.6 Å². The van der Waals surface area contributed by atoms with E-state index in [2.05, 4.69) is 0 Å². The molecule has 0 unspecified atom stereocenters. The third-order valence-electron chi connectivity index (χ3n) is 3.79. The molecule has 0 saturated heterocycles. The minimum atomic E-state index is -0.00154. The number of Topliss-reactive ketones (excluding diaryl/α,β-unsaturated/α-hetero) is 2. The molecule has 3 aromatic rings. The van der Waals surface area contributed by atoms with E-state index in [1.165, 1.54) is 6.92 Å². The predicted octanol–water partition coefficient (Wildman–Crippen LogP) is 4.50. The van der Waals surface area contributed by atoms with Gasteiger partial charge in [0.2, 0.25) is 0 Å². The largest absolute Gasteiger partial charge is 0.465 e. The molecule has 0 aliphatic rings. The molecule has 24 heavy (non-hydrogen) atoms. The molecule has 0 amide bonds. The van der Waals surface area contributed by atoms with Crippen molar-refractivity contribution in [2.45, 2.75) is 19.8 Å². The van der Waals surface area contributed by atoms with Crippen LogP contribution in [-0.4, -0.2) is 11.6 Å². The van der Waals surface area contributed by atoms with Crippen molar-refractivity contribution >= 4 is 11.6 Å². The molecule has 0 fully saturated rings. The number of hydrogen-bond acceptors (Lipinski definition) is 3. The Morgan fingerprint density at radius 2 is 1.33 bits per heavy atom. The van der Waals surface area contributed by atoms with Crippen molar-refractivity contribution in [2.24, 2.45) is 0 Å². The standard InChI is InChI=1S/C21H18O3/c1-15(22)13-19-11-12-20(24-19)14-21(23)18-9-7-17(8-10-18)16-5-3-2-4-6-16/h2-12H,13-14H2,1H3. The first-order valence-electron chi connectivity index (χ1n) is 7.87. The van der Waals surface area contributed by atoms with E-state index in [1.54, 1.807) is 12.1 Å². The number of ketones is 2. The Morgan fingerprint density at radius 3 is 1.96 bits per heavy atom. The van der Waals surface area contributed by atoms with Crippen molar-refractivity contribution in [1.82, 2.24) is 0 Å². The van der Waals surface area contributed by atoms with E-state index in [9.17, 15) is 9.59 Å². The minimum absolute atomic E-state index is 0.00154. The maximum absolute atomic E-state index is 12.4. The summed E-state index contributed by atoms with van der Waals surface area (Å²) >= 11 is 0. The topological polar surface area (TPSA) is 47.3 Å². The fourth-order valence-corrected chi connectivity index (χ4v) is 2.60. The van der Waals surface area contributed by atoms with Crippen LogP contribution in [0.4, 0.5) is 0 Å². The first kappa shape index (κ1) is 15.9. The van der Waals surface area contributed by atoms with Gasteiger partial charge in [-0.3, -0.25) is 9.59 Å². The van der Waals surface area contributed by atoms with E-state index in [4.69, 9.17) is 4.42 Å². The van der Waals surface area contributed by atoms with E-state index >= 15 is 0 Å². The van der Waals surface area contributed by atoms with E-state index in [0.717, 1.165) is 11.1 Å². The van der Waals surface area contributed by atoms with Gasteiger partial charge in [0.15, 0.2) is 5.78 Å². The molecule has 3 rings (SSSR count). The summed E-state index contributed by atoms with van der Waals surface area (Å²) in [6.45, 7) is 1.52. The van der Waals surface area contributed by atoms with Gasteiger partial charge in [-0.25, -0.2) is 0 Å². The van der Waals surface area contributed by atoms with Crippen LogP contribution in [0.2, 0.25) is 0 Å². The maximum atomic E-state index is 12.4. The molecule has 3 nitrogen and oxygen atoms in total. The second-order valence-corrected chi connectivity index (χ2v) is 5.79. The highest BCUT2D eigenvalue weighted by molar-refractivity contribution is 5.97. The van der Waals surface area contributed by atoms with Gasteiger partial charge in [0.05, 0.1) is 12.8 Å². The molecule has 0 bridgehead atoms. The maximum Gasteiger partial charge on any atom is 0.170 e. The quantitative estimate of drug-likeness (QED) is 0.629. The summed E-state index contributed by atoms with van der Waals surface area (Å²) in [4.78, 5) is 23.5. The number of furan rings is 1. The average molecular weight is 318 g/mol. The summed E-state index contributed by atoms with van der Waals surface area (Å²) in [6, 6.07) is 21.1. The molecule has 2 aromatic carbocycles. The highest BCUT2D eigenvalue weighted by atomic mass is 16.3. The molecular weight excluding hydrogens is 300 g/mol. The highest BCUT2D eigenvalue weighted by Gasteiger charge is 2.11. The van der Waals surface area contributed by atoms with E-state index in [1.807, 2.05) is 54.6 Å². The van der Waals surface area contributed by atoms with Crippen LogP contribution >= 0.6 is 0 Å². The van der Waals surface area contributed by atoms with Crippen molar-refractivity contribution in [2.75, 3.05) is 0 Å². The van der Waals surface area contributed by atoms with Gasteiger partial charge in [0, 0.05) is 5.56 Å². The molecule has 0 saturated carbocycles. The van der Waals surface area contributed by atoms with Crippen LogP contribution in [0.15, 0.2) is 71.1 Å². The summed E-state index contributed by atoms with van der Waals surface area (Å²) in [7, 11) is 0. The SMILES string of the molecule is CC(=O)Cc1ccc(CC(=O)c2ccc(-c3ccccc3)cc2)o1. The Morgan fingerprint density at radius 1 is 0.750 bits per heavy atom. The van der Waals surface area contributed by atoms with Gasteiger partial charge < -0.3 is 4.42 Å². The molecular formula is C21H18O3. The normalized spacial score (nSPS) is 10.5. The molecule has 1 aromatic heterocycles. The van der Waals surface area contributed by atoms with Gasteiger partial charge in [0.1, 0.15) is 17.3 Å². The second-order valence-electron chi connectivity index (χ2n) is 5.79. The van der Waals surface area contributed by atoms with Crippen molar-refractivity contribution in [3.05, 3.63) is 83.8 Å². The van der Waals surface area contributed by atoms with Crippen LogP contribution in [-0.2, 0) is 17.6 Å². The third-order valence-corrected chi connectivity index (χ3v) is 3.79. The first-order valence-corrected chi connectivity index (χ1v) is 7.87. The van der Waals surface area contributed by atoms with Crippen molar-refractivity contribution < 1.29 is 14.0 Å². The zero-order chi connectivity index (χ0) is 16.9. The van der Waals surface area contributed by atoms with Gasteiger partial charge in [-0.15, -0.1) is 0 Å². The summed E-state index contributed by atoms with van der Waals surface area (Å²) < 4.78 is 5.54. The molecule has 0 atom stereocenters. The number of hydrogen-bond donors (Lipinski definition) is 0. The molecule has 0 aliphatic heterocycles. The molecule has 0 radical (unpaired) electrons. The first-order chi connectivity index (χ1) is 11.6. The Balaban J connectivity index is 1.69. The lowest BCUT2D eigenvalue weighted by molar-refractivity contribution is -0.116. The van der Waals surface area contributed by atoms with E-state index < -0.39 is 0 Å². The van der Waals surface area contributed by atoms with Crippen LogP contribution in [0.5, 0.6) is 0 Å². The third kappa shape index (κ3) is 3.87. The van der Waals surface area contributed by atoms with Crippen LogP contribution in [0, 0.1) is 0 Å². The number of carbonyl (C=O) groups is 2. The summed E-state index contributed by atoms with van der Waals surface area (Å²) in [6.07, 6.45) is 0.461. The summed E-state index contributed by atoms with van der Waals surface area (Å²) in [5.74, 6) is 1.23. The molecule has 3 heteroatoms. The zero-order valence-corrected chi connectivity index (χ0v) is 13.5. The lowest BCUT2D eigenvalue weighted by Crippen LogP contribution is -2.02. The van der Waals surface area contributed by atoms with Crippen LogP contribution in [0.1, 0.15) is 28.8 Å². The number of rotatable bonds is 6. The van der Waals surface area contributed by atoms with Gasteiger partial charge in [0.25, 0.3) is 0 Å². The van der Waals surface area contributed by atoms with Crippen molar-refractivity contribution in [3.8, 4) is 11.1 Å². The van der Waals surface area contributed by atoms with Crippen molar-refractivity contribution in [3.63, 3.8) is 0 Å². The fourth-order valence-electron chi connectivity index (χ4n) is 2.60. The molecule has 120 valence electrons. The minimum Gasteiger partial charge on any atom is -0.465 e. The van der Waals surface area contributed by atoms with E-state index in [-0.39, 0.29) is 24.4 Å². The number of carbonyl (C=O) groups excluding carboxylic acids is 2. The predicted molar refractivity (Wildman–Crippen MR) is 93.0 cm³/mol. The van der Waals surface area contributed by atoms with E-state index in [0.29, 0.717) is 17.1 Å². The van der Waals surface area contributed by atoms with Crippen molar-refractivity contribution in [1.29, 1.82) is 0 Å². The lowest BCUT2D eigenvalue weighted by atomic mass is 10.0. The Hall–Kier alpha value is -2.94. The zero-order valence-electron chi connectivity index (χ0n) is 13.5. The summed E-state index contributed by atoms with van der Waals surface area (Å²) in [5.41, 5.74) is 2.85. The molecule has 0 spiro atoms.